The molecule has 0 atom stereocenters. The molecule has 0 aliphatic carbocycles. The van der Waals surface area contributed by atoms with Gasteiger partial charge >= 0.3 is 0 Å². The van der Waals surface area contributed by atoms with Crippen LogP contribution in [0.3, 0.4) is 0 Å². The summed E-state index contributed by atoms with van der Waals surface area (Å²) in [6, 6.07) is 117. The first kappa shape index (κ1) is 101. The zero-order chi connectivity index (χ0) is 94.3. The normalized spacial score (nSPS) is 11.5. The molecule has 14 nitrogen and oxygen atoms in total. The number of para-hydroxylation sites is 6. The van der Waals surface area contributed by atoms with Crippen LogP contribution in [-0.2, 0) is 106 Å². The third-order valence-corrected chi connectivity index (χ3v) is 26.2. The van der Waals surface area contributed by atoms with Crippen LogP contribution in [0.1, 0.15) is 105 Å². The molecular weight excluding hydrogens is 2490 g/mol. The topological polar surface area (TPSA) is 210 Å². The Hall–Kier alpha value is -13.1. The van der Waals surface area contributed by atoms with Gasteiger partial charge in [-0.05, 0) is 157 Å². The number of pyridine rings is 4. The Kier molecular flexibility index (Phi) is 30.8. The summed E-state index contributed by atoms with van der Waals surface area (Å²) in [6.07, 6.45) is 7.36. The second-order valence-corrected chi connectivity index (χ2v) is 39.8. The van der Waals surface area contributed by atoms with Crippen LogP contribution < -0.4 is 0 Å². The van der Waals surface area contributed by atoms with E-state index < -0.39 is 0 Å². The van der Waals surface area contributed by atoms with Crippen LogP contribution in [0, 0.1) is 24.3 Å². The minimum Gasteiger partial charge on any atom is -0.507 e. The van der Waals surface area contributed by atoms with Crippen molar-refractivity contribution in [3.8, 4) is 157 Å². The largest absolute Gasteiger partial charge is 0.507 e. The van der Waals surface area contributed by atoms with Crippen LogP contribution >= 0.6 is 22.7 Å². The van der Waals surface area contributed by atoms with E-state index in [1.165, 1.54) is 16.7 Å². The Morgan fingerprint density at radius 1 is 0.250 bits per heavy atom. The van der Waals surface area contributed by atoms with Crippen molar-refractivity contribution in [3.05, 3.63) is 387 Å². The number of oxazole rings is 2. The van der Waals surface area contributed by atoms with Gasteiger partial charge in [0.15, 0.2) is 0 Å². The predicted molar refractivity (Wildman–Crippen MR) is 555 cm³/mol. The molecule has 0 saturated heterocycles. The molecule has 708 valence electrons. The molecule has 0 spiro atoms. The Bertz CT molecular complexity index is 8260. The minimum atomic E-state index is -0.0976. The molecule has 0 aliphatic heterocycles. The van der Waals surface area contributed by atoms with Gasteiger partial charge in [0.2, 0.25) is 11.8 Å². The molecular formula is C120H96N8O6Pt4S2-4. The van der Waals surface area contributed by atoms with E-state index in [-0.39, 0.29) is 129 Å². The fourth-order valence-electron chi connectivity index (χ4n) is 16.6. The van der Waals surface area contributed by atoms with E-state index in [0.29, 0.717) is 34.1 Å². The minimum absolute atomic E-state index is 0. The average molecular weight is 2590 g/mol. The molecule has 0 aliphatic rings. The van der Waals surface area contributed by atoms with E-state index in [4.69, 9.17) is 38.7 Å². The number of benzene rings is 14. The van der Waals surface area contributed by atoms with E-state index in [0.717, 1.165) is 169 Å². The van der Waals surface area contributed by atoms with Crippen LogP contribution in [0.5, 0.6) is 23.0 Å². The first-order valence-electron chi connectivity index (χ1n) is 45.1. The SMILES string of the molecule is CC(C)(C)c1cc(-c2[c-]c(-c3ccccn3)ccc2)c2nc(-c3ccccc3O)sc2c1.CC(C)(C)c1cc(-c2[c-]c(-c3nccc4ccccc34)ccc2)c2nc(-c3ccccc3O)oc2c1.CC(C)(C)c1cc(-c2nccc3ccccc23)[c-]c(-c2cccc3oc(-c4ccccc4O)nc23)c1.CC(C)(C)c1ccnc(-c2[c-]c(-c3cccc4sc(-c5ccccc5O)nc34)ccc2)c1.[Pt].[Pt].[Pt].[Pt]. The predicted octanol–water partition coefficient (Wildman–Crippen LogP) is 31.3. The van der Waals surface area contributed by atoms with Crippen molar-refractivity contribution >= 4 is 86.9 Å². The van der Waals surface area contributed by atoms with Crippen LogP contribution in [0.4, 0.5) is 0 Å². The van der Waals surface area contributed by atoms with Crippen molar-refractivity contribution in [3.63, 3.8) is 0 Å². The van der Waals surface area contributed by atoms with E-state index >= 15 is 0 Å². The number of phenols is 4. The van der Waals surface area contributed by atoms with Gasteiger partial charge in [-0.3, -0.25) is 19.9 Å². The Morgan fingerprint density at radius 2 is 0.629 bits per heavy atom. The van der Waals surface area contributed by atoms with Crippen LogP contribution in [-0.4, -0.2) is 60.3 Å². The average Bonchev–Trinajstić information content (AvgIpc) is 1.61. The van der Waals surface area contributed by atoms with Crippen molar-refractivity contribution in [1.82, 2.24) is 39.9 Å². The molecule has 0 radical (unpaired) electrons. The number of thiazole rings is 2. The summed E-state index contributed by atoms with van der Waals surface area (Å²) < 4.78 is 14.5. The third kappa shape index (κ3) is 21.7. The summed E-state index contributed by atoms with van der Waals surface area (Å²) in [5.41, 5.74) is 27.1. The first-order valence-corrected chi connectivity index (χ1v) is 46.8. The molecule has 14 aromatic carbocycles. The van der Waals surface area contributed by atoms with Gasteiger partial charge in [0.05, 0.1) is 44.3 Å². The molecule has 20 heteroatoms. The molecule has 140 heavy (non-hydrogen) atoms. The maximum Gasteiger partial charge on any atom is 0.230 e. The van der Waals surface area contributed by atoms with Gasteiger partial charge in [0.25, 0.3) is 0 Å². The molecule has 22 aromatic rings. The number of hydrogen-bond acceptors (Lipinski definition) is 16. The van der Waals surface area contributed by atoms with Crippen molar-refractivity contribution in [2.75, 3.05) is 0 Å². The summed E-state index contributed by atoms with van der Waals surface area (Å²) >= 11 is 3.19. The Morgan fingerprint density at radius 3 is 1.16 bits per heavy atom. The summed E-state index contributed by atoms with van der Waals surface area (Å²) in [7, 11) is 0. The number of aromatic nitrogens is 8. The van der Waals surface area contributed by atoms with Gasteiger partial charge in [-0.2, -0.15) is 0 Å². The maximum absolute atomic E-state index is 10.4. The van der Waals surface area contributed by atoms with Crippen molar-refractivity contribution in [2.24, 2.45) is 0 Å². The molecule has 8 aromatic heterocycles. The van der Waals surface area contributed by atoms with Gasteiger partial charge in [-0.15, -0.1) is 141 Å². The number of phenolic OH excluding ortho intramolecular Hbond substituents is 4. The summed E-state index contributed by atoms with van der Waals surface area (Å²) in [5.74, 6) is 1.54. The maximum atomic E-state index is 10.4. The summed E-state index contributed by atoms with van der Waals surface area (Å²) in [5, 5.41) is 47.5. The smallest absolute Gasteiger partial charge is 0.230 e. The summed E-state index contributed by atoms with van der Waals surface area (Å²) in [6.45, 7) is 26.4. The monoisotopic (exact) mass is 2590 g/mol. The fraction of sp³-hybridized carbons (Fsp3) is 0.133. The van der Waals surface area contributed by atoms with Gasteiger partial charge in [0, 0.05) is 141 Å². The van der Waals surface area contributed by atoms with E-state index in [1.807, 2.05) is 201 Å². The molecule has 0 saturated carbocycles. The molecule has 0 bridgehead atoms. The van der Waals surface area contributed by atoms with Crippen molar-refractivity contribution in [1.29, 1.82) is 0 Å². The third-order valence-electron chi connectivity index (χ3n) is 24.1. The standard InChI is InChI=1S/2C32H25N2O2.2C28H23N2OS.4Pt/c1-32(2,3)23-18-26(30-28(19-23)36-31(34-30)25-13-6-7-14-27(25)35)21-10-8-11-22(17-21)29-24-12-5-4-9-20(24)15-16-33-29;1-32(2,3)23-18-21(17-22(19-23)29-24-10-5-4-9-20(24)15-16-33-29)25-12-8-14-28-30(25)34-31(36-28)26-11-6-7-13-27(26)35;1-28(2,3)20-14-15-29-23(17-20)19-9-6-8-18(16-19)21-11-7-13-25-26(21)30-27(32-25)22-10-4-5-12-24(22)31;1-28(2,3)20-16-22(18-9-8-10-19(15-18)23-12-6-7-14-29-23)26-25(17-20)32-27(30-26)21-11-4-5-13-24(21)31;;;;/h2*4-16,18-19,35H,1-3H3;4-15,17,31H,1-3H3;4-14,16-17,31H,1-3H3;;;;/q4*-1;;;;. The van der Waals surface area contributed by atoms with Gasteiger partial charge in [0.1, 0.15) is 44.2 Å². The molecule has 0 amide bonds. The zero-order valence-electron chi connectivity index (χ0n) is 78.6. The number of fused-ring (bicyclic) bond motifs is 6. The molecule has 8 heterocycles. The fourth-order valence-corrected chi connectivity index (χ4v) is 18.7. The van der Waals surface area contributed by atoms with E-state index in [1.54, 1.807) is 71.3 Å². The van der Waals surface area contributed by atoms with Crippen LogP contribution in [0.2, 0.25) is 0 Å². The number of nitrogens with zero attached hydrogens (tertiary/aromatic N) is 8. The van der Waals surface area contributed by atoms with Gasteiger partial charge in [-0.25, -0.2) is 19.9 Å². The summed E-state index contributed by atoms with van der Waals surface area (Å²) in [4.78, 5) is 38.0. The number of rotatable bonds is 12. The first-order chi connectivity index (χ1) is 65.6. The van der Waals surface area contributed by atoms with Gasteiger partial charge < -0.3 is 29.3 Å². The zero-order valence-corrected chi connectivity index (χ0v) is 89.3. The Balaban J connectivity index is 0.000000140. The number of aromatic hydroxyl groups is 4. The molecule has 0 fully saturated rings. The van der Waals surface area contributed by atoms with Crippen LogP contribution in [0.15, 0.2) is 349 Å². The molecule has 0 unspecified atom stereocenters. The molecule has 22 rings (SSSR count). The van der Waals surface area contributed by atoms with Crippen LogP contribution in [0.25, 0.3) is 198 Å². The second kappa shape index (κ2) is 42.5. The van der Waals surface area contributed by atoms with Crippen molar-refractivity contribution in [2.45, 2.75) is 105 Å². The quantitative estimate of drug-likeness (QED) is 0.0839. The van der Waals surface area contributed by atoms with Crippen molar-refractivity contribution < 1.29 is 114 Å². The Labute approximate surface area is 880 Å². The van der Waals surface area contributed by atoms with E-state index in [9.17, 15) is 20.4 Å². The van der Waals surface area contributed by atoms with Gasteiger partial charge in [-0.1, -0.05) is 279 Å². The molecule has 4 N–H and O–H groups in total. The number of hydrogen-bond donors (Lipinski definition) is 4. The van der Waals surface area contributed by atoms with E-state index in [2.05, 4.69) is 208 Å². The second-order valence-electron chi connectivity index (χ2n) is 37.7.